The molecule has 0 saturated heterocycles. The number of carbonyl (C=O) groups excluding carboxylic acids is 1. The average molecular weight is 236 g/mol. The predicted molar refractivity (Wildman–Crippen MR) is 65.6 cm³/mol. The maximum absolute atomic E-state index is 12.3. The van der Waals surface area contributed by atoms with Gasteiger partial charge in [0.2, 0.25) is 0 Å². The van der Waals surface area contributed by atoms with Crippen LogP contribution in [-0.4, -0.2) is 40.2 Å². The highest BCUT2D eigenvalue weighted by Crippen LogP contribution is 2.35. The molecule has 1 aliphatic carbocycles. The Kier molecular flexibility index (Phi) is 3.19. The van der Waals surface area contributed by atoms with E-state index in [9.17, 15) is 4.79 Å². The first-order chi connectivity index (χ1) is 8.06. The van der Waals surface area contributed by atoms with Crippen molar-refractivity contribution in [1.29, 1.82) is 0 Å². The van der Waals surface area contributed by atoms with E-state index in [-0.39, 0.29) is 11.9 Å². The second kappa shape index (κ2) is 4.49. The third-order valence-corrected chi connectivity index (χ3v) is 3.69. The molecule has 5 heteroatoms. The fourth-order valence-electron chi connectivity index (χ4n) is 2.20. The largest absolute Gasteiger partial charge is 0.337 e. The number of hydrogen-bond acceptors (Lipinski definition) is 3. The van der Waals surface area contributed by atoms with Crippen molar-refractivity contribution < 1.29 is 4.79 Å². The SMILES string of the molecule is Cc1c(C(=O)N(C)C(CN)C2CC2)cnn1C. The van der Waals surface area contributed by atoms with Gasteiger partial charge in [0.25, 0.3) is 5.91 Å². The van der Waals surface area contributed by atoms with Gasteiger partial charge in [0.1, 0.15) is 0 Å². The summed E-state index contributed by atoms with van der Waals surface area (Å²) in [5.74, 6) is 0.615. The molecule has 1 heterocycles. The van der Waals surface area contributed by atoms with Gasteiger partial charge in [0.15, 0.2) is 0 Å². The molecule has 0 aliphatic heterocycles. The Hall–Kier alpha value is -1.36. The molecule has 1 aromatic rings. The summed E-state index contributed by atoms with van der Waals surface area (Å²) in [7, 11) is 3.68. The van der Waals surface area contributed by atoms with Crippen LogP contribution < -0.4 is 5.73 Å². The van der Waals surface area contributed by atoms with Crippen LogP contribution in [0, 0.1) is 12.8 Å². The zero-order chi connectivity index (χ0) is 12.6. The molecular formula is C12H20N4O. The predicted octanol–water partition coefficient (Wildman–Crippen LogP) is 0.538. The summed E-state index contributed by atoms with van der Waals surface area (Å²) in [5.41, 5.74) is 7.33. The van der Waals surface area contributed by atoms with Crippen molar-refractivity contribution in [2.24, 2.45) is 18.7 Å². The van der Waals surface area contributed by atoms with Crippen LogP contribution in [0.25, 0.3) is 0 Å². The van der Waals surface area contributed by atoms with E-state index >= 15 is 0 Å². The number of amides is 1. The number of aromatic nitrogens is 2. The highest BCUT2D eigenvalue weighted by molar-refractivity contribution is 5.95. The fraction of sp³-hybridized carbons (Fsp3) is 0.667. The van der Waals surface area contributed by atoms with Gasteiger partial charge in [-0.1, -0.05) is 0 Å². The van der Waals surface area contributed by atoms with E-state index < -0.39 is 0 Å². The van der Waals surface area contributed by atoms with E-state index in [0.717, 1.165) is 5.69 Å². The molecule has 94 valence electrons. The Bertz CT molecular complexity index is 422. The van der Waals surface area contributed by atoms with Crippen molar-refractivity contribution in [3.63, 3.8) is 0 Å². The monoisotopic (exact) mass is 236 g/mol. The zero-order valence-electron chi connectivity index (χ0n) is 10.7. The van der Waals surface area contributed by atoms with Crippen molar-refractivity contribution in [3.8, 4) is 0 Å². The summed E-state index contributed by atoms with van der Waals surface area (Å²) in [4.78, 5) is 14.1. The Labute approximate surface area is 102 Å². The van der Waals surface area contributed by atoms with Crippen LogP contribution in [0.1, 0.15) is 28.9 Å². The van der Waals surface area contributed by atoms with E-state index in [0.29, 0.717) is 18.0 Å². The lowest BCUT2D eigenvalue weighted by molar-refractivity contribution is 0.0718. The Balaban J connectivity index is 2.16. The maximum atomic E-state index is 12.3. The topological polar surface area (TPSA) is 64.2 Å². The van der Waals surface area contributed by atoms with Crippen LogP contribution in [0.15, 0.2) is 6.20 Å². The average Bonchev–Trinajstić information content (AvgIpc) is 3.08. The molecule has 17 heavy (non-hydrogen) atoms. The highest BCUT2D eigenvalue weighted by Gasteiger charge is 2.35. The number of likely N-dealkylation sites (N-methyl/N-ethyl adjacent to an activating group) is 1. The Morgan fingerprint density at radius 3 is 2.76 bits per heavy atom. The van der Waals surface area contributed by atoms with Crippen LogP contribution in [0.3, 0.4) is 0 Å². The molecule has 5 nitrogen and oxygen atoms in total. The first-order valence-electron chi connectivity index (χ1n) is 6.02. The smallest absolute Gasteiger partial charge is 0.257 e. The molecule has 0 aromatic carbocycles. The lowest BCUT2D eigenvalue weighted by atomic mass is 10.1. The van der Waals surface area contributed by atoms with E-state index in [1.54, 1.807) is 15.8 Å². The maximum Gasteiger partial charge on any atom is 0.257 e. The minimum Gasteiger partial charge on any atom is -0.337 e. The molecule has 1 aromatic heterocycles. The first kappa shape index (κ1) is 12.1. The van der Waals surface area contributed by atoms with Crippen LogP contribution >= 0.6 is 0 Å². The number of carbonyl (C=O) groups is 1. The molecular weight excluding hydrogens is 216 g/mol. The van der Waals surface area contributed by atoms with Gasteiger partial charge >= 0.3 is 0 Å². The van der Waals surface area contributed by atoms with Crippen LogP contribution in [0.5, 0.6) is 0 Å². The summed E-state index contributed by atoms with van der Waals surface area (Å²) < 4.78 is 1.72. The Morgan fingerprint density at radius 2 is 2.35 bits per heavy atom. The molecule has 1 saturated carbocycles. The van der Waals surface area contributed by atoms with E-state index in [2.05, 4.69) is 5.10 Å². The molecule has 1 aliphatic rings. The molecule has 0 radical (unpaired) electrons. The van der Waals surface area contributed by atoms with Gasteiger partial charge in [-0.05, 0) is 25.7 Å². The Morgan fingerprint density at radius 1 is 1.71 bits per heavy atom. The van der Waals surface area contributed by atoms with Gasteiger partial charge in [-0.25, -0.2) is 0 Å². The fourth-order valence-corrected chi connectivity index (χ4v) is 2.20. The minimum atomic E-state index is 0.0259. The third kappa shape index (κ3) is 2.20. The number of rotatable bonds is 4. The lowest BCUT2D eigenvalue weighted by Crippen LogP contribution is -2.43. The van der Waals surface area contributed by atoms with Crippen LogP contribution in [-0.2, 0) is 7.05 Å². The first-order valence-corrected chi connectivity index (χ1v) is 6.02. The van der Waals surface area contributed by atoms with Crippen molar-refractivity contribution in [1.82, 2.24) is 14.7 Å². The molecule has 2 rings (SSSR count). The van der Waals surface area contributed by atoms with Gasteiger partial charge in [-0.2, -0.15) is 5.10 Å². The van der Waals surface area contributed by atoms with Crippen molar-refractivity contribution in [2.45, 2.75) is 25.8 Å². The molecule has 2 N–H and O–H groups in total. The second-order valence-corrected chi connectivity index (χ2v) is 4.82. The lowest BCUT2D eigenvalue weighted by Gasteiger charge is -2.27. The molecule has 1 amide bonds. The van der Waals surface area contributed by atoms with Crippen molar-refractivity contribution in [2.75, 3.05) is 13.6 Å². The van der Waals surface area contributed by atoms with Gasteiger partial charge < -0.3 is 10.6 Å². The summed E-state index contributed by atoms with van der Waals surface area (Å²) in [6.07, 6.45) is 4.01. The van der Waals surface area contributed by atoms with Crippen molar-refractivity contribution >= 4 is 5.91 Å². The summed E-state index contributed by atoms with van der Waals surface area (Å²) >= 11 is 0. The van der Waals surface area contributed by atoms with Gasteiger partial charge in [0.05, 0.1) is 11.8 Å². The summed E-state index contributed by atoms with van der Waals surface area (Å²) in [6.45, 7) is 2.44. The minimum absolute atomic E-state index is 0.0259. The normalized spacial score (nSPS) is 16.9. The van der Waals surface area contributed by atoms with E-state index in [4.69, 9.17) is 5.73 Å². The molecule has 1 fully saturated rings. The molecule has 1 atom stereocenters. The van der Waals surface area contributed by atoms with Crippen LogP contribution in [0.2, 0.25) is 0 Å². The van der Waals surface area contributed by atoms with Crippen molar-refractivity contribution in [3.05, 3.63) is 17.5 Å². The van der Waals surface area contributed by atoms with Gasteiger partial charge in [-0.3, -0.25) is 9.48 Å². The van der Waals surface area contributed by atoms with Gasteiger partial charge in [-0.15, -0.1) is 0 Å². The summed E-state index contributed by atoms with van der Waals surface area (Å²) in [5, 5.41) is 4.10. The number of aryl methyl sites for hydroxylation is 1. The van der Waals surface area contributed by atoms with E-state index in [1.165, 1.54) is 12.8 Å². The standard InChI is InChI=1S/C12H20N4O/c1-8-10(7-14-16(8)3)12(17)15(2)11(6-13)9-4-5-9/h7,9,11H,4-6,13H2,1-3H3. The summed E-state index contributed by atoms with van der Waals surface area (Å²) in [6, 6.07) is 0.169. The second-order valence-electron chi connectivity index (χ2n) is 4.82. The number of nitrogens with zero attached hydrogens (tertiary/aromatic N) is 3. The highest BCUT2D eigenvalue weighted by atomic mass is 16.2. The zero-order valence-corrected chi connectivity index (χ0v) is 10.7. The van der Waals surface area contributed by atoms with E-state index in [1.807, 2.05) is 21.0 Å². The molecule has 1 unspecified atom stereocenters. The molecule has 0 spiro atoms. The molecule has 0 bridgehead atoms. The number of nitrogens with two attached hydrogens (primary N) is 1. The third-order valence-electron chi connectivity index (χ3n) is 3.69. The van der Waals surface area contributed by atoms with Crippen LogP contribution in [0.4, 0.5) is 0 Å². The van der Waals surface area contributed by atoms with Gasteiger partial charge in [0, 0.05) is 32.4 Å². The number of hydrogen-bond donors (Lipinski definition) is 1. The quantitative estimate of drug-likeness (QED) is 0.829.